The fourth-order valence-corrected chi connectivity index (χ4v) is 1.24. The molecular formula is C12H11N2. The van der Waals surface area contributed by atoms with Gasteiger partial charge >= 0.3 is 0 Å². The molecule has 0 atom stereocenters. The van der Waals surface area contributed by atoms with Gasteiger partial charge in [0, 0.05) is 5.56 Å². The molecule has 2 rings (SSSR count). The maximum absolute atomic E-state index is 4.26. The predicted octanol–water partition coefficient (Wildman–Crippen LogP) is 2.51. The highest BCUT2D eigenvalue weighted by molar-refractivity contribution is 5.57. The van der Waals surface area contributed by atoms with Gasteiger partial charge in [-0.1, -0.05) is 37.3 Å². The lowest BCUT2D eigenvalue weighted by Crippen LogP contribution is -1.91. The van der Waals surface area contributed by atoms with Crippen molar-refractivity contribution in [1.29, 1.82) is 0 Å². The minimum atomic E-state index is 0.877. The molecule has 0 amide bonds. The molecule has 0 spiro atoms. The zero-order valence-electron chi connectivity index (χ0n) is 8.07. The van der Waals surface area contributed by atoms with E-state index in [2.05, 4.69) is 16.2 Å². The largest absolute Gasteiger partial charge is 0.257 e. The summed E-state index contributed by atoms with van der Waals surface area (Å²) in [5.74, 6) is 0. The second kappa shape index (κ2) is 4.01. The lowest BCUT2D eigenvalue weighted by Gasteiger charge is -1.99. The Morgan fingerprint density at radius 3 is 2.57 bits per heavy atom. The molecule has 0 aliphatic carbocycles. The van der Waals surface area contributed by atoms with Gasteiger partial charge in [0.05, 0.1) is 17.6 Å². The predicted molar refractivity (Wildman–Crippen MR) is 55.7 cm³/mol. The Morgan fingerprint density at radius 2 is 2.00 bits per heavy atom. The monoisotopic (exact) mass is 183 g/mol. The fourth-order valence-electron chi connectivity index (χ4n) is 1.24. The van der Waals surface area contributed by atoms with Gasteiger partial charge in [-0.05, 0) is 6.42 Å². The molecule has 2 heteroatoms. The summed E-state index contributed by atoms with van der Waals surface area (Å²) in [4.78, 5) is 8.49. The van der Waals surface area contributed by atoms with Crippen molar-refractivity contribution in [2.75, 3.05) is 0 Å². The average molecular weight is 183 g/mol. The third-order valence-corrected chi connectivity index (χ3v) is 2.05. The smallest absolute Gasteiger partial charge is 0.113 e. The Labute approximate surface area is 83.7 Å². The van der Waals surface area contributed by atoms with E-state index in [0.29, 0.717) is 0 Å². The second-order valence-corrected chi connectivity index (χ2v) is 3.03. The van der Waals surface area contributed by atoms with Gasteiger partial charge < -0.3 is 0 Å². The van der Waals surface area contributed by atoms with Crippen LogP contribution in [0.3, 0.4) is 0 Å². The third kappa shape index (κ3) is 1.79. The highest BCUT2D eigenvalue weighted by atomic mass is 14.8. The summed E-state index contributed by atoms with van der Waals surface area (Å²) in [7, 11) is 0. The molecule has 1 aromatic heterocycles. The Morgan fingerprint density at radius 1 is 1.21 bits per heavy atom. The van der Waals surface area contributed by atoms with E-state index in [4.69, 9.17) is 0 Å². The average Bonchev–Trinajstić information content (AvgIpc) is 2.30. The van der Waals surface area contributed by atoms with Crippen molar-refractivity contribution in [2.24, 2.45) is 0 Å². The Kier molecular flexibility index (Phi) is 2.54. The Balaban J connectivity index is 2.34. The molecule has 2 aromatic rings. The molecule has 0 fully saturated rings. The van der Waals surface area contributed by atoms with Gasteiger partial charge in [-0.3, -0.25) is 4.98 Å². The molecule has 2 nitrogen and oxygen atoms in total. The van der Waals surface area contributed by atoms with E-state index >= 15 is 0 Å². The summed E-state index contributed by atoms with van der Waals surface area (Å²) in [5, 5.41) is 0. The third-order valence-electron chi connectivity index (χ3n) is 2.05. The molecule has 0 bridgehead atoms. The SMILES string of the molecule is CCc1[c]nc(-c2ccccc2)cn1. The normalized spacial score (nSPS) is 10.1. The first-order valence-electron chi connectivity index (χ1n) is 4.69. The molecule has 14 heavy (non-hydrogen) atoms. The first-order chi connectivity index (χ1) is 6.90. The van der Waals surface area contributed by atoms with Gasteiger partial charge in [0.1, 0.15) is 6.20 Å². The van der Waals surface area contributed by atoms with Crippen molar-refractivity contribution in [3.8, 4) is 11.3 Å². The van der Waals surface area contributed by atoms with Gasteiger partial charge in [-0.2, -0.15) is 0 Å². The van der Waals surface area contributed by atoms with E-state index in [9.17, 15) is 0 Å². The van der Waals surface area contributed by atoms with Crippen LogP contribution < -0.4 is 0 Å². The molecule has 1 aromatic carbocycles. The van der Waals surface area contributed by atoms with Crippen LogP contribution in [0.25, 0.3) is 11.3 Å². The van der Waals surface area contributed by atoms with Crippen molar-refractivity contribution in [3.05, 3.63) is 48.4 Å². The van der Waals surface area contributed by atoms with Gasteiger partial charge in [0.15, 0.2) is 0 Å². The van der Waals surface area contributed by atoms with Crippen molar-refractivity contribution >= 4 is 0 Å². The first-order valence-corrected chi connectivity index (χ1v) is 4.69. The van der Waals surface area contributed by atoms with E-state index in [1.54, 1.807) is 6.20 Å². The summed E-state index contributed by atoms with van der Waals surface area (Å²) in [6, 6.07) is 10.0. The van der Waals surface area contributed by atoms with Crippen LogP contribution in [0.1, 0.15) is 12.6 Å². The molecule has 0 aliphatic heterocycles. The van der Waals surface area contributed by atoms with E-state index < -0.39 is 0 Å². The van der Waals surface area contributed by atoms with Gasteiger partial charge in [0.25, 0.3) is 0 Å². The molecule has 1 radical (unpaired) electrons. The zero-order valence-corrected chi connectivity index (χ0v) is 8.07. The number of benzene rings is 1. The minimum absolute atomic E-state index is 0.877. The van der Waals surface area contributed by atoms with Crippen LogP contribution in [0.4, 0.5) is 0 Å². The molecule has 69 valence electrons. The lowest BCUT2D eigenvalue weighted by molar-refractivity contribution is 0.996. The zero-order chi connectivity index (χ0) is 9.80. The second-order valence-electron chi connectivity index (χ2n) is 3.03. The summed E-state index contributed by atoms with van der Waals surface area (Å²) in [5.41, 5.74) is 2.87. The summed E-state index contributed by atoms with van der Waals surface area (Å²) < 4.78 is 0. The highest BCUT2D eigenvalue weighted by Gasteiger charge is 1.98. The van der Waals surface area contributed by atoms with Crippen molar-refractivity contribution in [2.45, 2.75) is 13.3 Å². The topological polar surface area (TPSA) is 25.8 Å². The molecule has 0 saturated heterocycles. The van der Waals surface area contributed by atoms with Crippen LogP contribution >= 0.6 is 0 Å². The summed E-state index contributed by atoms with van der Waals surface area (Å²) >= 11 is 0. The van der Waals surface area contributed by atoms with Crippen LogP contribution in [0.2, 0.25) is 0 Å². The fraction of sp³-hybridized carbons (Fsp3) is 0.167. The first kappa shape index (κ1) is 8.88. The van der Waals surface area contributed by atoms with Crippen LogP contribution in [0.15, 0.2) is 36.5 Å². The Bertz CT molecular complexity index is 392. The van der Waals surface area contributed by atoms with Gasteiger partial charge in [-0.15, -0.1) is 0 Å². The number of rotatable bonds is 2. The van der Waals surface area contributed by atoms with E-state index in [-0.39, 0.29) is 0 Å². The van der Waals surface area contributed by atoms with E-state index in [1.165, 1.54) is 0 Å². The number of hydrogen-bond acceptors (Lipinski definition) is 2. The maximum atomic E-state index is 4.26. The molecular weight excluding hydrogens is 172 g/mol. The van der Waals surface area contributed by atoms with Gasteiger partial charge in [-0.25, -0.2) is 4.98 Å². The van der Waals surface area contributed by atoms with Crippen LogP contribution in [0.5, 0.6) is 0 Å². The van der Waals surface area contributed by atoms with E-state index in [1.807, 2.05) is 37.3 Å². The van der Waals surface area contributed by atoms with Crippen LogP contribution in [0, 0.1) is 6.20 Å². The number of hydrogen-bond donors (Lipinski definition) is 0. The number of nitrogens with zero attached hydrogens (tertiary/aromatic N) is 2. The molecule has 0 N–H and O–H groups in total. The standard InChI is InChI=1S/C12H11N2/c1-2-11-8-14-12(9-13-11)10-6-4-3-5-7-10/h3-7,9H,2H2,1H3. The van der Waals surface area contributed by atoms with Gasteiger partial charge in [0.2, 0.25) is 0 Å². The maximum Gasteiger partial charge on any atom is 0.113 e. The summed E-state index contributed by atoms with van der Waals surface area (Å²) in [6.45, 7) is 2.04. The Hall–Kier alpha value is -1.70. The molecule has 0 unspecified atom stereocenters. The van der Waals surface area contributed by atoms with Crippen LogP contribution in [-0.4, -0.2) is 9.97 Å². The van der Waals surface area contributed by atoms with Crippen LogP contribution in [-0.2, 0) is 6.42 Å². The van der Waals surface area contributed by atoms with Crippen molar-refractivity contribution in [1.82, 2.24) is 9.97 Å². The molecule has 0 saturated carbocycles. The van der Waals surface area contributed by atoms with Crippen molar-refractivity contribution < 1.29 is 0 Å². The number of aromatic nitrogens is 2. The highest BCUT2D eigenvalue weighted by Crippen LogP contribution is 2.14. The molecule has 0 aliphatic rings. The minimum Gasteiger partial charge on any atom is -0.257 e. The summed E-state index contributed by atoms with van der Waals surface area (Å²) in [6.07, 6.45) is 5.60. The number of aryl methyl sites for hydroxylation is 1. The quantitative estimate of drug-likeness (QED) is 0.715. The van der Waals surface area contributed by atoms with Crippen molar-refractivity contribution in [3.63, 3.8) is 0 Å². The lowest BCUT2D eigenvalue weighted by atomic mass is 10.2. The van der Waals surface area contributed by atoms with E-state index in [0.717, 1.165) is 23.4 Å². The molecule has 1 heterocycles.